The molecule has 0 aromatic heterocycles. The van der Waals surface area contributed by atoms with Crippen molar-refractivity contribution in [2.75, 3.05) is 26.3 Å². The van der Waals surface area contributed by atoms with Crippen LogP contribution < -0.4 is 9.47 Å². The summed E-state index contributed by atoms with van der Waals surface area (Å²) in [7, 11) is 0. The molecule has 2 atom stereocenters. The number of rotatable bonds is 7. The summed E-state index contributed by atoms with van der Waals surface area (Å²) in [5.74, 6) is -0.196. The lowest BCUT2D eigenvalue weighted by Crippen LogP contribution is -2.42. The molecule has 0 bridgehead atoms. The van der Waals surface area contributed by atoms with Crippen molar-refractivity contribution in [3.05, 3.63) is 23.8 Å². The van der Waals surface area contributed by atoms with E-state index in [4.69, 9.17) is 9.47 Å². The fraction of sp³-hybridized carbons (Fsp3) is 0.600. The molecule has 26 heavy (non-hydrogen) atoms. The van der Waals surface area contributed by atoms with Gasteiger partial charge < -0.3 is 19.5 Å². The molecule has 1 aliphatic heterocycles. The minimum Gasteiger partial charge on any atom is -0.490 e. The van der Waals surface area contributed by atoms with E-state index >= 15 is 0 Å². The van der Waals surface area contributed by atoms with Gasteiger partial charge in [0.1, 0.15) is 0 Å². The standard InChI is InChI=1S/C20H29NO5/c1-6-25-16-9-8-14(10-17(16)26-7-2)20(4,5)19(24)21-11-13(3)15(12-21)18(22)23/h8-10,13,15H,6-7,11-12H2,1-5H3,(H,22,23)/t13-,15-/m1/s1. The van der Waals surface area contributed by atoms with Gasteiger partial charge in [0.25, 0.3) is 0 Å². The van der Waals surface area contributed by atoms with Crippen LogP contribution in [0.5, 0.6) is 11.5 Å². The number of carboxylic acid groups (broad SMARTS) is 1. The van der Waals surface area contributed by atoms with Crippen molar-refractivity contribution in [2.24, 2.45) is 11.8 Å². The molecule has 2 rings (SSSR count). The van der Waals surface area contributed by atoms with Crippen molar-refractivity contribution in [3.63, 3.8) is 0 Å². The SMILES string of the molecule is CCOc1ccc(C(C)(C)C(=O)N2C[C@@H](C)[C@H](C(=O)O)C2)cc1OCC. The molecule has 0 saturated carbocycles. The Morgan fingerprint density at radius 2 is 1.77 bits per heavy atom. The Morgan fingerprint density at radius 3 is 2.31 bits per heavy atom. The highest BCUT2D eigenvalue weighted by Crippen LogP contribution is 2.36. The van der Waals surface area contributed by atoms with E-state index in [1.807, 2.05) is 52.8 Å². The highest BCUT2D eigenvalue weighted by molar-refractivity contribution is 5.88. The summed E-state index contributed by atoms with van der Waals surface area (Å²) in [6, 6.07) is 5.55. The highest BCUT2D eigenvalue weighted by Gasteiger charge is 2.42. The van der Waals surface area contributed by atoms with Gasteiger partial charge >= 0.3 is 5.97 Å². The monoisotopic (exact) mass is 363 g/mol. The van der Waals surface area contributed by atoms with Gasteiger partial charge in [-0.1, -0.05) is 13.0 Å². The molecule has 0 radical (unpaired) electrons. The molecule has 1 fully saturated rings. The number of nitrogens with zero attached hydrogens (tertiary/aromatic N) is 1. The van der Waals surface area contributed by atoms with Gasteiger partial charge in [0, 0.05) is 13.1 Å². The third-order valence-electron chi connectivity index (χ3n) is 5.02. The Bertz CT molecular complexity index is 670. The van der Waals surface area contributed by atoms with Crippen LogP contribution in [-0.2, 0) is 15.0 Å². The third kappa shape index (κ3) is 3.94. The highest BCUT2D eigenvalue weighted by atomic mass is 16.5. The van der Waals surface area contributed by atoms with Gasteiger partial charge in [-0.3, -0.25) is 9.59 Å². The number of aliphatic carboxylic acids is 1. The lowest BCUT2D eigenvalue weighted by molar-refractivity contribution is -0.142. The number of benzene rings is 1. The number of likely N-dealkylation sites (tertiary alicyclic amines) is 1. The van der Waals surface area contributed by atoms with Crippen LogP contribution in [0.25, 0.3) is 0 Å². The molecule has 1 saturated heterocycles. The summed E-state index contributed by atoms with van der Waals surface area (Å²) >= 11 is 0. The number of hydrogen-bond donors (Lipinski definition) is 1. The smallest absolute Gasteiger partial charge is 0.308 e. The molecular weight excluding hydrogens is 334 g/mol. The van der Waals surface area contributed by atoms with Crippen LogP contribution in [0.15, 0.2) is 18.2 Å². The van der Waals surface area contributed by atoms with Gasteiger partial charge in [-0.15, -0.1) is 0 Å². The first kappa shape index (κ1) is 20.1. The molecule has 1 N–H and O–H groups in total. The van der Waals surface area contributed by atoms with Gasteiger partial charge in [-0.25, -0.2) is 0 Å². The number of hydrogen-bond acceptors (Lipinski definition) is 4. The number of carbonyl (C=O) groups excluding carboxylic acids is 1. The van der Waals surface area contributed by atoms with Crippen LogP contribution in [0.1, 0.15) is 40.2 Å². The first-order valence-corrected chi connectivity index (χ1v) is 9.14. The zero-order valence-corrected chi connectivity index (χ0v) is 16.2. The second-order valence-electron chi connectivity index (χ2n) is 7.28. The van der Waals surface area contributed by atoms with E-state index in [-0.39, 0.29) is 18.4 Å². The summed E-state index contributed by atoms with van der Waals surface area (Å²) in [6.45, 7) is 11.2. The van der Waals surface area contributed by atoms with E-state index in [0.29, 0.717) is 31.3 Å². The Hall–Kier alpha value is -2.24. The summed E-state index contributed by atoms with van der Waals surface area (Å²) < 4.78 is 11.3. The van der Waals surface area contributed by atoms with Crippen molar-refractivity contribution in [1.29, 1.82) is 0 Å². The van der Waals surface area contributed by atoms with Crippen molar-refractivity contribution >= 4 is 11.9 Å². The summed E-state index contributed by atoms with van der Waals surface area (Å²) in [5, 5.41) is 9.31. The van der Waals surface area contributed by atoms with Gasteiger partial charge in [-0.05, 0) is 51.3 Å². The van der Waals surface area contributed by atoms with E-state index in [0.717, 1.165) is 5.56 Å². The Labute approximate surface area is 155 Å². The van der Waals surface area contributed by atoms with Crippen LogP contribution >= 0.6 is 0 Å². The molecule has 0 spiro atoms. The molecule has 1 aromatic carbocycles. The third-order valence-corrected chi connectivity index (χ3v) is 5.02. The Morgan fingerprint density at radius 1 is 1.15 bits per heavy atom. The number of carbonyl (C=O) groups is 2. The molecule has 0 unspecified atom stereocenters. The average molecular weight is 363 g/mol. The number of carboxylic acids is 1. The predicted molar refractivity (Wildman–Crippen MR) is 98.7 cm³/mol. The summed E-state index contributed by atoms with van der Waals surface area (Å²) in [5.41, 5.74) is 0.0322. The van der Waals surface area contributed by atoms with E-state index in [9.17, 15) is 14.7 Å². The van der Waals surface area contributed by atoms with Crippen LogP contribution in [-0.4, -0.2) is 48.2 Å². The lowest BCUT2D eigenvalue weighted by atomic mass is 9.83. The van der Waals surface area contributed by atoms with Gasteiger partial charge in [0.15, 0.2) is 11.5 Å². The van der Waals surface area contributed by atoms with E-state index in [1.54, 1.807) is 4.90 Å². The topological polar surface area (TPSA) is 76.1 Å². The van der Waals surface area contributed by atoms with Crippen LogP contribution in [0.4, 0.5) is 0 Å². The maximum absolute atomic E-state index is 13.1. The molecular formula is C20H29NO5. The fourth-order valence-electron chi connectivity index (χ4n) is 3.41. The number of amides is 1. The molecule has 1 amide bonds. The quantitative estimate of drug-likeness (QED) is 0.806. The maximum atomic E-state index is 13.1. The van der Waals surface area contributed by atoms with Crippen molar-refractivity contribution in [2.45, 2.75) is 40.0 Å². The summed E-state index contributed by atoms with van der Waals surface area (Å²) in [4.78, 5) is 26.1. The minimum absolute atomic E-state index is 0.0495. The van der Waals surface area contributed by atoms with Gasteiger partial charge in [0.05, 0.1) is 24.5 Å². The van der Waals surface area contributed by atoms with Gasteiger partial charge in [-0.2, -0.15) is 0 Å². The van der Waals surface area contributed by atoms with Crippen molar-refractivity contribution in [1.82, 2.24) is 4.90 Å². The molecule has 1 aromatic rings. The second kappa shape index (κ2) is 7.98. The largest absolute Gasteiger partial charge is 0.490 e. The molecule has 6 heteroatoms. The van der Waals surface area contributed by atoms with E-state index < -0.39 is 17.3 Å². The van der Waals surface area contributed by atoms with Gasteiger partial charge in [0.2, 0.25) is 5.91 Å². The van der Waals surface area contributed by atoms with Crippen LogP contribution in [0.3, 0.4) is 0 Å². The summed E-state index contributed by atoms with van der Waals surface area (Å²) in [6.07, 6.45) is 0. The first-order valence-electron chi connectivity index (χ1n) is 9.14. The normalized spacial score (nSPS) is 20.1. The number of ether oxygens (including phenoxy) is 2. The lowest BCUT2D eigenvalue weighted by Gasteiger charge is -2.30. The molecule has 6 nitrogen and oxygen atoms in total. The molecule has 1 heterocycles. The maximum Gasteiger partial charge on any atom is 0.308 e. The predicted octanol–water partition coefficient (Wildman–Crippen LogP) is 2.94. The van der Waals surface area contributed by atoms with Crippen molar-refractivity contribution < 1.29 is 24.2 Å². The Kier molecular flexibility index (Phi) is 6.16. The van der Waals surface area contributed by atoms with E-state index in [2.05, 4.69) is 0 Å². The zero-order chi connectivity index (χ0) is 19.5. The van der Waals surface area contributed by atoms with Crippen molar-refractivity contribution in [3.8, 4) is 11.5 Å². The average Bonchev–Trinajstić information content (AvgIpc) is 2.98. The Balaban J connectivity index is 2.27. The second-order valence-corrected chi connectivity index (χ2v) is 7.28. The zero-order valence-electron chi connectivity index (χ0n) is 16.2. The molecule has 144 valence electrons. The fourth-order valence-corrected chi connectivity index (χ4v) is 3.41. The molecule has 0 aliphatic carbocycles. The van der Waals surface area contributed by atoms with Crippen LogP contribution in [0, 0.1) is 11.8 Å². The first-order chi connectivity index (χ1) is 12.2. The van der Waals surface area contributed by atoms with Crippen LogP contribution in [0.2, 0.25) is 0 Å². The molecule has 1 aliphatic rings. The van der Waals surface area contributed by atoms with E-state index in [1.165, 1.54) is 0 Å². The minimum atomic E-state index is -0.842.